The first-order valence-corrected chi connectivity index (χ1v) is 6.20. The Morgan fingerprint density at radius 3 is 2.56 bits per heavy atom. The summed E-state index contributed by atoms with van der Waals surface area (Å²) in [5.41, 5.74) is 0. The minimum Gasteiger partial charge on any atom is -0.395 e. The molecule has 0 saturated heterocycles. The molecule has 0 aromatic heterocycles. The van der Waals surface area contributed by atoms with Crippen molar-refractivity contribution in [3.05, 3.63) is 0 Å². The zero-order valence-corrected chi connectivity index (χ0v) is 10.8. The molecule has 0 spiro atoms. The van der Waals surface area contributed by atoms with Gasteiger partial charge in [0.2, 0.25) is 0 Å². The van der Waals surface area contributed by atoms with E-state index in [4.69, 9.17) is 5.11 Å². The number of hydrogen-bond donors (Lipinski definition) is 1. The second-order valence-corrected chi connectivity index (χ2v) is 4.89. The highest BCUT2D eigenvalue weighted by atomic mass is 19.4. The van der Waals surface area contributed by atoms with Crippen LogP contribution in [-0.4, -0.2) is 55.7 Å². The maximum atomic E-state index is 12.8. The van der Waals surface area contributed by atoms with Crippen molar-refractivity contribution in [3.63, 3.8) is 0 Å². The van der Waals surface area contributed by atoms with Gasteiger partial charge in [0.05, 0.1) is 12.5 Å². The Morgan fingerprint density at radius 1 is 1.39 bits per heavy atom. The predicted octanol–water partition coefficient (Wildman–Crippen LogP) is 1.96. The van der Waals surface area contributed by atoms with Gasteiger partial charge < -0.3 is 15.0 Å². The molecule has 1 rings (SSSR count). The Morgan fingerprint density at radius 2 is 2.06 bits per heavy atom. The van der Waals surface area contributed by atoms with E-state index in [0.29, 0.717) is 13.0 Å². The quantitative estimate of drug-likeness (QED) is 0.790. The molecule has 106 valence electrons. The van der Waals surface area contributed by atoms with E-state index in [1.54, 1.807) is 20.3 Å². The Balaban J connectivity index is 2.76. The van der Waals surface area contributed by atoms with Gasteiger partial charge in [0.25, 0.3) is 0 Å². The number of likely N-dealkylation sites (N-methyl/N-ethyl adjacent to an activating group) is 1. The van der Waals surface area contributed by atoms with Crippen molar-refractivity contribution in [3.8, 4) is 0 Å². The third-order valence-electron chi connectivity index (χ3n) is 3.69. The van der Waals surface area contributed by atoms with Crippen LogP contribution in [0.4, 0.5) is 13.2 Å². The van der Waals surface area contributed by atoms with Gasteiger partial charge in [-0.2, -0.15) is 13.2 Å². The van der Waals surface area contributed by atoms with Crippen molar-refractivity contribution in [1.29, 1.82) is 0 Å². The number of rotatable bonds is 4. The highest BCUT2D eigenvalue weighted by Gasteiger charge is 2.45. The van der Waals surface area contributed by atoms with Crippen LogP contribution in [0.5, 0.6) is 0 Å². The molecule has 1 fully saturated rings. The smallest absolute Gasteiger partial charge is 0.391 e. The van der Waals surface area contributed by atoms with Crippen molar-refractivity contribution in [2.24, 2.45) is 16.8 Å². The van der Waals surface area contributed by atoms with E-state index in [0.717, 1.165) is 0 Å². The van der Waals surface area contributed by atoms with Gasteiger partial charge in [0.1, 0.15) is 0 Å². The number of alkyl halides is 3. The Labute approximate surface area is 106 Å². The van der Waals surface area contributed by atoms with Crippen molar-refractivity contribution >= 4 is 6.21 Å². The number of aliphatic hydroxyl groups is 1. The zero-order valence-electron chi connectivity index (χ0n) is 10.8. The summed E-state index contributed by atoms with van der Waals surface area (Å²) in [6, 6.07) is -0.193. The summed E-state index contributed by atoms with van der Waals surface area (Å²) in [5.74, 6) is -1.18. The van der Waals surface area contributed by atoms with Crippen LogP contribution in [0, 0.1) is 11.8 Å². The molecule has 18 heavy (non-hydrogen) atoms. The summed E-state index contributed by atoms with van der Waals surface area (Å²) in [7, 11) is 3.40. The topological polar surface area (TPSA) is 35.8 Å². The predicted molar refractivity (Wildman–Crippen MR) is 64.8 cm³/mol. The van der Waals surface area contributed by atoms with Crippen LogP contribution in [0.15, 0.2) is 4.99 Å². The van der Waals surface area contributed by atoms with Crippen LogP contribution in [0.2, 0.25) is 0 Å². The lowest BCUT2D eigenvalue weighted by molar-refractivity contribution is -0.188. The first-order chi connectivity index (χ1) is 8.40. The lowest BCUT2D eigenvalue weighted by atomic mass is 9.77. The minimum atomic E-state index is -4.12. The second-order valence-electron chi connectivity index (χ2n) is 4.89. The van der Waals surface area contributed by atoms with Gasteiger partial charge >= 0.3 is 6.18 Å². The molecule has 1 aliphatic rings. The molecular formula is C12H21F3N2O. The monoisotopic (exact) mass is 266 g/mol. The van der Waals surface area contributed by atoms with Crippen molar-refractivity contribution in [1.82, 2.24) is 4.90 Å². The number of hydrogen-bond acceptors (Lipinski definition) is 3. The third kappa shape index (κ3) is 3.95. The molecular weight excluding hydrogens is 245 g/mol. The van der Waals surface area contributed by atoms with E-state index >= 15 is 0 Å². The zero-order chi connectivity index (χ0) is 13.8. The van der Waals surface area contributed by atoms with E-state index in [2.05, 4.69) is 4.99 Å². The number of nitrogens with zero attached hydrogens (tertiary/aromatic N) is 2. The third-order valence-corrected chi connectivity index (χ3v) is 3.69. The van der Waals surface area contributed by atoms with Crippen molar-refractivity contribution in [2.75, 3.05) is 27.2 Å². The molecule has 0 radical (unpaired) electrons. The van der Waals surface area contributed by atoms with Gasteiger partial charge in [0.15, 0.2) is 0 Å². The summed E-state index contributed by atoms with van der Waals surface area (Å²) in [6.07, 6.45) is -1.61. The largest absolute Gasteiger partial charge is 0.395 e. The van der Waals surface area contributed by atoms with E-state index in [-0.39, 0.29) is 31.4 Å². The average Bonchev–Trinajstić information content (AvgIpc) is 2.28. The summed E-state index contributed by atoms with van der Waals surface area (Å²) in [5, 5.41) is 8.91. The van der Waals surface area contributed by atoms with Crippen LogP contribution in [-0.2, 0) is 0 Å². The average molecular weight is 266 g/mol. The van der Waals surface area contributed by atoms with Crippen LogP contribution >= 0.6 is 0 Å². The van der Waals surface area contributed by atoms with Gasteiger partial charge in [-0.05, 0) is 26.3 Å². The molecule has 1 unspecified atom stereocenters. The maximum Gasteiger partial charge on any atom is 0.391 e. The lowest BCUT2D eigenvalue weighted by Crippen LogP contribution is -2.46. The molecule has 1 saturated carbocycles. The minimum absolute atomic E-state index is 0.0420. The van der Waals surface area contributed by atoms with Gasteiger partial charge in [-0.3, -0.25) is 0 Å². The Hall–Kier alpha value is -0.620. The number of aliphatic imine (C=N–C) groups is 1. The first kappa shape index (κ1) is 15.4. The molecule has 6 heteroatoms. The summed E-state index contributed by atoms with van der Waals surface area (Å²) < 4.78 is 38.3. The summed E-state index contributed by atoms with van der Waals surface area (Å²) in [6.45, 7) is 0.350. The highest BCUT2D eigenvalue weighted by Crippen LogP contribution is 2.40. The van der Waals surface area contributed by atoms with Crippen LogP contribution in [0.25, 0.3) is 0 Å². The first-order valence-electron chi connectivity index (χ1n) is 6.20. The molecule has 1 aliphatic carbocycles. The van der Waals surface area contributed by atoms with Crippen LogP contribution in [0.1, 0.15) is 19.3 Å². The van der Waals surface area contributed by atoms with E-state index in [9.17, 15) is 13.2 Å². The molecule has 1 N–H and O–H groups in total. The Bertz CT molecular complexity index is 281. The van der Waals surface area contributed by atoms with Gasteiger partial charge in [-0.1, -0.05) is 0 Å². The maximum absolute atomic E-state index is 12.8. The number of halogens is 3. The van der Waals surface area contributed by atoms with Crippen LogP contribution < -0.4 is 0 Å². The van der Waals surface area contributed by atoms with Gasteiger partial charge in [-0.15, -0.1) is 0 Å². The summed E-state index contributed by atoms with van der Waals surface area (Å²) >= 11 is 0. The lowest BCUT2D eigenvalue weighted by Gasteiger charge is -2.40. The van der Waals surface area contributed by atoms with E-state index in [1.807, 2.05) is 4.90 Å². The van der Waals surface area contributed by atoms with Gasteiger partial charge in [-0.25, -0.2) is 0 Å². The van der Waals surface area contributed by atoms with Gasteiger partial charge in [0, 0.05) is 31.8 Å². The standard InChI is InChI=1S/C12H21F3N2O/c1-16-8-9-3-4-10(12(13,14)15)7-11(9)17(2)5-6-18/h8-11,18H,3-7H2,1-2H3/t9?,10-,11-/m0/s1. The molecule has 0 aliphatic heterocycles. The SMILES string of the molecule is CN=CC1CC[C@H](C(F)(F)F)C[C@@H]1N(C)CCO. The normalized spacial score (nSPS) is 30.3. The molecule has 0 heterocycles. The second kappa shape index (κ2) is 6.52. The van der Waals surface area contributed by atoms with Crippen molar-refractivity contribution < 1.29 is 18.3 Å². The molecule has 0 amide bonds. The molecule has 0 aromatic carbocycles. The summed E-state index contributed by atoms with van der Waals surface area (Å²) in [4.78, 5) is 5.75. The van der Waals surface area contributed by atoms with E-state index in [1.165, 1.54) is 0 Å². The highest BCUT2D eigenvalue weighted by molar-refractivity contribution is 5.61. The fraction of sp³-hybridized carbons (Fsp3) is 0.917. The van der Waals surface area contributed by atoms with Crippen LogP contribution in [0.3, 0.4) is 0 Å². The van der Waals surface area contributed by atoms with E-state index < -0.39 is 12.1 Å². The molecule has 3 nitrogen and oxygen atoms in total. The Kier molecular flexibility index (Phi) is 5.59. The fourth-order valence-corrected chi connectivity index (χ4v) is 2.66. The number of aliphatic hydroxyl groups excluding tert-OH is 1. The van der Waals surface area contributed by atoms with Crippen molar-refractivity contribution in [2.45, 2.75) is 31.5 Å². The molecule has 0 bridgehead atoms. The fourth-order valence-electron chi connectivity index (χ4n) is 2.66. The molecule has 0 aromatic rings. The molecule has 3 atom stereocenters.